The molecule has 0 saturated carbocycles. The smallest absolute Gasteiger partial charge is 0.346 e. The summed E-state index contributed by atoms with van der Waals surface area (Å²) in [4.78, 5) is 16.3. The average molecular weight is 261 g/mol. The number of pyridine rings is 1. The molecule has 0 saturated heterocycles. The highest BCUT2D eigenvalue weighted by molar-refractivity contribution is 5.98. The maximum absolute atomic E-state index is 12.0. The van der Waals surface area contributed by atoms with Gasteiger partial charge in [0.05, 0.1) is 19.4 Å². The molecule has 2 aromatic rings. The molecule has 6 nitrogen and oxygen atoms in total. The molecule has 19 heavy (non-hydrogen) atoms. The highest BCUT2D eigenvalue weighted by Crippen LogP contribution is 2.29. The van der Waals surface area contributed by atoms with Gasteiger partial charge in [0.2, 0.25) is 5.88 Å². The lowest BCUT2D eigenvalue weighted by Gasteiger charge is -2.05. The Morgan fingerprint density at radius 1 is 1.42 bits per heavy atom. The van der Waals surface area contributed by atoms with Crippen molar-refractivity contribution < 1.29 is 14.3 Å². The highest BCUT2D eigenvalue weighted by atomic mass is 16.5. The Kier molecular flexibility index (Phi) is 3.79. The minimum atomic E-state index is -0.465. The number of carbonyl (C=O) groups is 1. The molecule has 0 aliphatic rings. The number of rotatable bonds is 4. The number of hydrogen-bond donors (Lipinski definition) is 0. The van der Waals surface area contributed by atoms with Crippen LogP contribution in [0.5, 0.6) is 5.88 Å². The van der Waals surface area contributed by atoms with Crippen LogP contribution in [0, 0.1) is 0 Å². The minimum Gasteiger partial charge on any atom is -0.479 e. The van der Waals surface area contributed by atoms with Crippen LogP contribution in [-0.4, -0.2) is 34.5 Å². The number of nitrogens with zero attached hydrogens (tertiary/aromatic N) is 3. The van der Waals surface area contributed by atoms with Crippen molar-refractivity contribution >= 4 is 5.97 Å². The summed E-state index contributed by atoms with van der Waals surface area (Å²) < 4.78 is 11.7. The first-order chi connectivity index (χ1) is 9.19. The second-order valence-corrected chi connectivity index (χ2v) is 3.79. The maximum atomic E-state index is 12.0. The van der Waals surface area contributed by atoms with E-state index < -0.39 is 5.97 Å². The second kappa shape index (κ2) is 5.51. The van der Waals surface area contributed by atoms with E-state index in [1.165, 1.54) is 7.11 Å². The molecule has 0 aliphatic carbocycles. The molecule has 6 heteroatoms. The topological polar surface area (TPSA) is 66.2 Å². The molecule has 0 fully saturated rings. The van der Waals surface area contributed by atoms with Gasteiger partial charge in [-0.25, -0.2) is 4.79 Å². The van der Waals surface area contributed by atoms with Crippen molar-refractivity contribution in [2.75, 3.05) is 13.7 Å². The van der Waals surface area contributed by atoms with Crippen LogP contribution >= 0.6 is 0 Å². The maximum Gasteiger partial charge on any atom is 0.346 e. The third-order valence-corrected chi connectivity index (χ3v) is 2.60. The SMILES string of the molecule is CCOC(=O)c1c(OC)nn(C)c1-c1ccccn1. The minimum absolute atomic E-state index is 0.238. The monoisotopic (exact) mass is 261 g/mol. The Labute approximate surface area is 111 Å². The van der Waals surface area contributed by atoms with Gasteiger partial charge in [-0.3, -0.25) is 9.67 Å². The summed E-state index contributed by atoms with van der Waals surface area (Å²) in [5, 5.41) is 4.16. The van der Waals surface area contributed by atoms with E-state index in [2.05, 4.69) is 10.1 Å². The van der Waals surface area contributed by atoms with Crippen LogP contribution in [0.4, 0.5) is 0 Å². The molecule has 0 bridgehead atoms. The summed E-state index contributed by atoms with van der Waals surface area (Å²) in [6, 6.07) is 5.46. The van der Waals surface area contributed by atoms with Crippen molar-refractivity contribution in [2.45, 2.75) is 6.92 Å². The van der Waals surface area contributed by atoms with E-state index in [0.29, 0.717) is 23.6 Å². The summed E-state index contributed by atoms with van der Waals surface area (Å²) in [7, 11) is 3.20. The van der Waals surface area contributed by atoms with Gasteiger partial charge in [0.15, 0.2) is 5.56 Å². The zero-order valence-electron chi connectivity index (χ0n) is 11.1. The quantitative estimate of drug-likeness (QED) is 0.783. The van der Waals surface area contributed by atoms with E-state index in [-0.39, 0.29) is 5.88 Å². The van der Waals surface area contributed by atoms with Crippen LogP contribution in [0.2, 0.25) is 0 Å². The lowest BCUT2D eigenvalue weighted by Crippen LogP contribution is -2.08. The fourth-order valence-electron chi connectivity index (χ4n) is 1.83. The van der Waals surface area contributed by atoms with Gasteiger partial charge < -0.3 is 9.47 Å². The van der Waals surface area contributed by atoms with E-state index >= 15 is 0 Å². The number of hydrogen-bond acceptors (Lipinski definition) is 5. The predicted molar refractivity (Wildman–Crippen MR) is 68.9 cm³/mol. The summed E-state index contributed by atoms with van der Waals surface area (Å²) in [5.41, 5.74) is 1.52. The molecule has 0 atom stereocenters. The zero-order chi connectivity index (χ0) is 13.8. The van der Waals surface area contributed by atoms with Gasteiger partial charge in [-0.2, -0.15) is 0 Å². The first-order valence-corrected chi connectivity index (χ1v) is 5.88. The molecular weight excluding hydrogens is 246 g/mol. The molecule has 100 valence electrons. The molecule has 0 aromatic carbocycles. The molecule has 0 aliphatic heterocycles. The van der Waals surface area contributed by atoms with E-state index in [1.54, 1.807) is 37.0 Å². The summed E-state index contributed by atoms with van der Waals surface area (Å²) >= 11 is 0. The first kappa shape index (κ1) is 13.1. The van der Waals surface area contributed by atoms with Crippen LogP contribution in [0.15, 0.2) is 24.4 Å². The van der Waals surface area contributed by atoms with Crippen molar-refractivity contribution in [3.63, 3.8) is 0 Å². The Morgan fingerprint density at radius 2 is 2.21 bits per heavy atom. The summed E-state index contributed by atoms with van der Waals surface area (Å²) in [6.45, 7) is 2.04. The Hall–Kier alpha value is -2.37. The van der Waals surface area contributed by atoms with Gasteiger partial charge in [-0.1, -0.05) is 6.07 Å². The Bertz CT molecular complexity index is 578. The van der Waals surface area contributed by atoms with Crippen molar-refractivity contribution in [3.8, 4) is 17.3 Å². The van der Waals surface area contributed by atoms with Crippen molar-refractivity contribution in [1.29, 1.82) is 0 Å². The standard InChI is InChI=1S/C13H15N3O3/c1-4-19-13(17)10-11(9-7-5-6-8-14-9)16(2)15-12(10)18-3/h5-8H,4H2,1-3H3. The molecule has 0 unspecified atom stereocenters. The van der Waals surface area contributed by atoms with Crippen LogP contribution in [0.1, 0.15) is 17.3 Å². The number of methoxy groups -OCH3 is 1. The van der Waals surface area contributed by atoms with Crippen LogP contribution < -0.4 is 4.74 Å². The van der Waals surface area contributed by atoms with Gasteiger partial charge in [-0.15, -0.1) is 5.10 Å². The van der Waals surface area contributed by atoms with Crippen molar-refractivity contribution in [3.05, 3.63) is 30.0 Å². The molecule has 0 amide bonds. The van der Waals surface area contributed by atoms with Crippen LogP contribution in [-0.2, 0) is 11.8 Å². The largest absolute Gasteiger partial charge is 0.479 e. The molecule has 2 aromatic heterocycles. The van der Waals surface area contributed by atoms with Gasteiger partial charge in [0.1, 0.15) is 5.69 Å². The zero-order valence-corrected chi connectivity index (χ0v) is 11.1. The molecule has 0 radical (unpaired) electrons. The second-order valence-electron chi connectivity index (χ2n) is 3.79. The summed E-state index contributed by atoms with van der Waals surface area (Å²) in [6.07, 6.45) is 1.66. The number of ether oxygens (including phenoxy) is 2. The third kappa shape index (κ3) is 2.42. The van der Waals surface area contributed by atoms with E-state index in [1.807, 2.05) is 6.07 Å². The first-order valence-electron chi connectivity index (χ1n) is 5.88. The van der Waals surface area contributed by atoms with Gasteiger partial charge in [0, 0.05) is 13.2 Å². The highest BCUT2D eigenvalue weighted by Gasteiger charge is 2.26. The number of esters is 1. The molecule has 2 rings (SSSR count). The van der Waals surface area contributed by atoms with E-state index in [9.17, 15) is 4.79 Å². The van der Waals surface area contributed by atoms with Crippen molar-refractivity contribution in [1.82, 2.24) is 14.8 Å². The predicted octanol–water partition coefficient (Wildman–Crippen LogP) is 1.67. The Balaban J connectivity index is 2.59. The third-order valence-electron chi connectivity index (χ3n) is 2.60. The lowest BCUT2D eigenvalue weighted by atomic mass is 10.1. The fourth-order valence-corrected chi connectivity index (χ4v) is 1.83. The average Bonchev–Trinajstić information content (AvgIpc) is 2.77. The fraction of sp³-hybridized carbons (Fsp3) is 0.308. The molecule has 2 heterocycles. The number of carbonyl (C=O) groups excluding carboxylic acids is 1. The lowest BCUT2D eigenvalue weighted by molar-refractivity contribution is 0.0523. The molecular formula is C13H15N3O3. The van der Waals surface area contributed by atoms with Crippen LogP contribution in [0.3, 0.4) is 0 Å². The number of aromatic nitrogens is 3. The van der Waals surface area contributed by atoms with Crippen molar-refractivity contribution in [2.24, 2.45) is 7.05 Å². The van der Waals surface area contributed by atoms with Gasteiger partial charge in [0.25, 0.3) is 0 Å². The molecule has 0 spiro atoms. The normalized spacial score (nSPS) is 10.3. The van der Waals surface area contributed by atoms with E-state index in [0.717, 1.165) is 0 Å². The van der Waals surface area contributed by atoms with Gasteiger partial charge in [-0.05, 0) is 19.1 Å². The van der Waals surface area contributed by atoms with E-state index in [4.69, 9.17) is 9.47 Å². The summed E-state index contributed by atoms with van der Waals surface area (Å²) in [5.74, 6) is -0.227. The van der Waals surface area contributed by atoms with Gasteiger partial charge >= 0.3 is 5.97 Å². The van der Waals surface area contributed by atoms with Crippen LogP contribution in [0.25, 0.3) is 11.4 Å². The molecule has 0 N–H and O–H groups in total. The Morgan fingerprint density at radius 3 is 2.79 bits per heavy atom. The number of aryl methyl sites for hydroxylation is 1.